The molecule has 0 aliphatic rings. The molecule has 0 fully saturated rings. The molecule has 0 unspecified atom stereocenters. The molecule has 0 radical (unpaired) electrons. The first-order chi connectivity index (χ1) is 10.2. The fourth-order valence-electron chi connectivity index (χ4n) is 2.32. The molecule has 0 saturated heterocycles. The Hall–Kier alpha value is -2.69. The van der Waals surface area contributed by atoms with E-state index in [1.54, 1.807) is 19.2 Å². The monoisotopic (exact) mass is 284 g/mol. The highest BCUT2D eigenvalue weighted by Gasteiger charge is 2.13. The lowest BCUT2D eigenvalue weighted by Crippen LogP contribution is -2.03. The molecule has 5 heteroatoms. The molecule has 21 heavy (non-hydrogen) atoms. The maximum Gasteiger partial charge on any atom is 0.170 e. The van der Waals surface area contributed by atoms with Gasteiger partial charge in [0.15, 0.2) is 6.29 Å². The number of aldehydes is 1. The van der Waals surface area contributed by atoms with Crippen LogP contribution in [0.15, 0.2) is 42.5 Å². The number of fused-ring (bicyclic) bond motifs is 1. The quantitative estimate of drug-likeness (QED) is 0.692. The summed E-state index contributed by atoms with van der Waals surface area (Å²) in [5.74, 6) is 0.366. The topological polar surface area (TPSA) is 44.1 Å². The Labute approximate surface area is 120 Å². The SMILES string of the molecule is COc1ccc(Cn2nc(C=O)c3cccc(F)c32)cc1. The van der Waals surface area contributed by atoms with Crippen LogP contribution in [0.4, 0.5) is 4.39 Å². The molecule has 0 aliphatic carbocycles. The maximum atomic E-state index is 14.0. The van der Waals surface area contributed by atoms with Crippen molar-refractivity contribution >= 4 is 17.2 Å². The Morgan fingerprint density at radius 1 is 1.24 bits per heavy atom. The summed E-state index contributed by atoms with van der Waals surface area (Å²) in [6, 6.07) is 12.1. The number of carbonyl (C=O) groups excluding carboxylic acids is 1. The van der Waals surface area contributed by atoms with Crippen LogP contribution in [0.25, 0.3) is 10.9 Å². The summed E-state index contributed by atoms with van der Waals surface area (Å²) in [7, 11) is 1.60. The van der Waals surface area contributed by atoms with E-state index < -0.39 is 0 Å². The number of nitrogens with zero attached hydrogens (tertiary/aromatic N) is 2. The van der Waals surface area contributed by atoms with Gasteiger partial charge in [0.05, 0.1) is 13.7 Å². The third kappa shape index (κ3) is 2.38. The van der Waals surface area contributed by atoms with Crippen LogP contribution in [0.5, 0.6) is 5.75 Å². The molecular weight excluding hydrogens is 271 g/mol. The van der Waals surface area contributed by atoms with Crippen LogP contribution in [0.2, 0.25) is 0 Å². The second kappa shape index (κ2) is 5.36. The van der Waals surface area contributed by atoms with Gasteiger partial charge in [-0.3, -0.25) is 9.48 Å². The molecule has 0 N–H and O–H groups in total. The van der Waals surface area contributed by atoms with Gasteiger partial charge >= 0.3 is 0 Å². The number of hydrogen-bond donors (Lipinski definition) is 0. The van der Waals surface area contributed by atoms with Crippen molar-refractivity contribution in [2.75, 3.05) is 7.11 Å². The molecule has 0 atom stereocenters. The van der Waals surface area contributed by atoms with E-state index in [2.05, 4.69) is 5.10 Å². The molecule has 106 valence electrons. The van der Waals surface area contributed by atoms with Crippen LogP contribution in [-0.2, 0) is 6.54 Å². The van der Waals surface area contributed by atoms with E-state index in [0.29, 0.717) is 23.7 Å². The molecule has 0 amide bonds. The van der Waals surface area contributed by atoms with Crippen LogP contribution >= 0.6 is 0 Å². The van der Waals surface area contributed by atoms with Gasteiger partial charge in [-0.1, -0.05) is 24.3 Å². The van der Waals surface area contributed by atoms with E-state index >= 15 is 0 Å². The Kier molecular flexibility index (Phi) is 3.39. The lowest BCUT2D eigenvalue weighted by atomic mass is 10.2. The average Bonchev–Trinajstić information content (AvgIpc) is 2.87. The van der Waals surface area contributed by atoms with Gasteiger partial charge in [0.25, 0.3) is 0 Å². The molecule has 2 aromatic carbocycles. The Balaban J connectivity index is 2.05. The summed E-state index contributed by atoms with van der Waals surface area (Å²) in [5.41, 5.74) is 1.54. The minimum atomic E-state index is -0.387. The van der Waals surface area contributed by atoms with Gasteiger partial charge in [-0.25, -0.2) is 4.39 Å². The van der Waals surface area contributed by atoms with E-state index in [1.165, 1.54) is 10.7 Å². The number of aromatic nitrogens is 2. The molecule has 3 aromatic rings. The number of halogens is 1. The first-order valence-electron chi connectivity index (χ1n) is 6.46. The maximum absolute atomic E-state index is 14.0. The van der Waals surface area contributed by atoms with E-state index in [-0.39, 0.29) is 11.5 Å². The van der Waals surface area contributed by atoms with Gasteiger partial charge in [-0.15, -0.1) is 0 Å². The van der Waals surface area contributed by atoms with Crippen molar-refractivity contribution in [3.63, 3.8) is 0 Å². The summed E-state index contributed by atoms with van der Waals surface area (Å²) in [5, 5.41) is 4.71. The van der Waals surface area contributed by atoms with E-state index in [0.717, 1.165) is 11.3 Å². The largest absolute Gasteiger partial charge is 0.497 e. The fourth-order valence-corrected chi connectivity index (χ4v) is 2.32. The average molecular weight is 284 g/mol. The van der Waals surface area contributed by atoms with Crippen molar-refractivity contribution in [2.45, 2.75) is 6.54 Å². The van der Waals surface area contributed by atoms with Crippen LogP contribution < -0.4 is 4.74 Å². The Morgan fingerprint density at radius 3 is 2.67 bits per heavy atom. The zero-order valence-corrected chi connectivity index (χ0v) is 11.4. The number of ether oxygens (including phenoxy) is 1. The summed E-state index contributed by atoms with van der Waals surface area (Å²) in [6.07, 6.45) is 0.645. The number of para-hydroxylation sites is 1. The second-order valence-corrected chi connectivity index (χ2v) is 4.64. The van der Waals surface area contributed by atoms with Crippen molar-refractivity contribution in [1.29, 1.82) is 0 Å². The zero-order valence-electron chi connectivity index (χ0n) is 11.4. The molecule has 4 nitrogen and oxygen atoms in total. The predicted octanol–water partition coefficient (Wildman–Crippen LogP) is 3.04. The fraction of sp³-hybridized carbons (Fsp3) is 0.125. The smallest absolute Gasteiger partial charge is 0.170 e. The van der Waals surface area contributed by atoms with Gasteiger partial charge in [-0.2, -0.15) is 5.10 Å². The number of carbonyl (C=O) groups is 1. The first-order valence-corrected chi connectivity index (χ1v) is 6.46. The zero-order chi connectivity index (χ0) is 14.8. The molecule has 0 saturated carbocycles. The lowest BCUT2D eigenvalue weighted by Gasteiger charge is -2.05. The molecular formula is C16H13FN2O2. The molecule has 0 aliphatic heterocycles. The Morgan fingerprint density at radius 2 is 2.00 bits per heavy atom. The van der Waals surface area contributed by atoms with Crippen molar-refractivity contribution in [3.8, 4) is 5.75 Å². The normalized spacial score (nSPS) is 10.8. The van der Waals surface area contributed by atoms with Crippen LogP contribution in [0.3, 0.4) is 0 Å². The van der Waals surface area contributed by atoms with Crippen LogP contribution in [-0.4, -0.2) is 23.2 Å². The molecule has 0 spiro atoms. The summed E-state index contributed by atoms with van der Waals surface area (Å²) < 4.78 is 20.6. The van der Waals surface area contributed by atoms with E-state index in [4.69, 9.17) is 4.74 Å². The van der Waals surface area contributed by atoms with Gasteiger partial charge in [0.2, 0.25) is 0 Å². The van der Waals surface area contributed by atoms with E-state index in [9.17, 15) is 9.18 Å². The minimum absolute atomic E-state index is 0.248. The van der Waals surface area contributed by atoms with Gasteiger partial charge < -0.3 is 4.74 Å². The van der Waals surface area contributed by atoms with Gasteiger partial charge in [-0.05, 0) is 23.8 Å². The van der Waals surface area contributed by atoms with Gasteiger partial charge in [0.1, 0.15) is 22.8 Å². The number of rotatable bonds is 4. The minimum Gasteiger partial charge on any atom is -0.497 e. The van der Waals surface area contributed by atoms with E-state index in [1.807, 2.05) is 24.3 Å². The van der Waals surface area contributed by atoms with Crippen LogP contribution in [0, 0.1) is 5.82 Å². The summed E-state index contributed by atoms with van der Waals surface area (Å²) >= 11 is 0. The van der Waals surface area contributed by atoms with Crippen molar-refractivity contribution in [3.05, 3.63) is 59.5 Å². The number of methoxy groups -OCH3 is 1. The van der Waals surface area contributed by atoms with Crippen molar-refractivity contribution < 1.29 is 13.9 Å². The summed E-state index contributed by atoms with van der Waals surface area (Å²) in [4.78, 5) is 11.1. The van der Waals surface area contributed by atoms with Crippen molar-refractivity contribution in [2.24, 2.45) is 0 Å². The van der Waals surface area contributed by atoms with Crippen LogP contribution in [0.1, 0.15) is 16.1 Å². The highest BCUT2D eigenvalue weighted by atomic mass is 19.1. The first kappa shape index (κ1) is 13.3. The molecule has 3 rings (SSSR count). The second-order valence-electron chi connectivity index (χ2n) is 4.64. The highest BCUT2D eigenvalue weighted by molar-refractivity contribution is 5.95. The molecule has 0 bridgehead atoms. The van der Waals surface area contributed by atoms with Crippen molar-refractivity contribution in [1.82, 2.24) is 9.78 Å². The third-order valence-corrected chi connectivity index (χ3v) is 3.35. The predicted molar refractivity (Wildman–Crippen MR) is 77.2 cm³/mol. The Bertz CT molecular complexity index is 794. The lowest BCUT2D eigenvalue weighted by molar-refractivity contribution is 0.111. The molecule has 1 aromatic heterocycles. The highest BCUT2D eigenvalue weighted by Crippen LogP contribution is 2.22. The number of benzene rings is 2. The molecule has 1 heterocycles. The third-order valence-electron chi connectivity index (χ3n) is 3.35. The van der Waals surface area contributed by atoms with Gasteiger partial charge in [0, 0.05) is 5.39 Å². The standard InChI is InChI=1S/C16H13FN2O2/c1-21-12-7-5-11(6-8-12)9-19-16-13(15(10-20)18-19)3-2-4-14(16)17/h2-8,10H,9H2,1H3. The summed E-state index contributed by atoms with van der Waals surface area (Å²) in [6.45, 7) is 0.384. The number of hydrogen-bond acceptors (Lipinski definition) is 3.